The highest BCUT2D eigenvalue weighted by molar-refractivity contribution is 5.89. The minimum absolute atomic E-state index is 0.150. The van der Waals surface area contributed by atoms with Crippen molar-refractivity contribution in [3.05, 3.63) is 108 Å². The maximum absolute atomic E-state index is 15.8. The van der Waals surface area contributed by atoms with Crippen molar-refractivity contribution in [2.75, 3.05) is 26.4 Å². The number of anilines is 1. The summed E-state index contributed by atoms with van der Waals surface area (Å²) in [6.45, 7) is 6.44. The Hall–Kier alpha value is -4.54. The molecule has 0 aliphatic rings. The van der Waals surface area contributed by atoms with E-state index in [9.17, 15) is 4.39 Å². The smallest absolute Gasteiger partial charge is 0.178 e. The van der Waals surface area contributed by atoms with Gasteiger partial charge in [0.25, 0.3) is 0 Å². The highest BCUT2D eigenvalue weighted by atomic mass is 19.1. The molecule has 0 aliphatic carbocycles. The van der Waals surface area contributed by atoms with Crippen molar-refractivity contribution >= 4 is 22.4 Å². The Morgan fingerprint density at radius 2 is 1.92 bits per heavy atom. The number of terminal acetylenes is 1. The number of aromatic amines is 1. The lowest BCUT2D eigenvalue weighted by atomic mass is 9.97. The number of nitrogens with one attached hydrogen (secondary N) is 1. The standard InChI is InChI=1S/C29H29F2N5.C2H2/c1-5-18(17-36(3)4)14-19(6-2)22-10-11-25(32)24(27(22)31)16-26-34-28-23(12-13-33-29(28)35-26)20-8-7-9-21(30)15-20;1-2/h5-15H,1,16-17,32H2,2-4H3,(H,33,34,35);1-2H/b18-14+,19-6+;. The van der Waals surface area contributed by atoms with Gasteiger partial charge in [0.15, 0.2) is 5.65 Å². The molecule has 4 rings (SSSR count). The van der Waals surface area contributed by atoms with E-state index in [-0.39, 0.29) is 12.2 Å². The zero-order valence-corrected chi connectivity index (χ0v) is 21.8. The number of pyridine rings is 1. The van der Waals surface area contributed by atoms with E-state index in [1.165, 1.54) is 12.1 Å². The lowest BCUT2D eigenvalue weighted by Crippen LogP contribution is -2.14. The predicted molar refractivity (Wildman–Crippen MR) is 153 cm³/mol. The van der Waals surface area contributed by atoms with E-state index in [2.05, 4.69) is 34.4 Å². The molecule has 0 saturated carbocycles. The van der Waals surface area contributed by atoms with E-state index in [1.54, 1.807) is 36.5 Å². The van der Waals surface area contributed by atoms with Gasteiger partial charge in [0.1, 0.15) is 17.5 Å². The number of imidazole rings is 1. The van der Waals surface area contributed by atoms with E-state index >= 15 is 4.39 Å². The fourth-order valence-electron chi connectivity index (χ4n) is 4.20. The van der Waals surface area contributed by atoms with Crippen molar-refractivity contribution in [2.24, 2.45) is 0 Å². The average molecular weight is 512 g/mol. The Morgan fingerprint density at radius 3 is 2.58 bits per heavy atom. The fraction of sp³-hybridized carbons (Fsp3) is 0.161. The van der Waals surface area contributed by atoms with Crippen LogP contribution in [0.4, 0.5) is 14.5 Å². The number of fused-ring (bicyclic) bond motifs is 1. The number of hydrogen-bond donors (Lipinski definition) is 2. The Bertz CT molecular complexity index is 1530. The molecule has 5 nitrogen and oxygen atoms in total. The minimum atomic E-state index is -0.397. The van der Waals surface area contributed by atoms with Crippen LogP contribution in [0.5, 0.6) is 0 Å². The lowest BCUT2D eigenvalue weighted by Gasteiger charge is -2.14. The van der Waals surface area contributed by atoms with Crippen molar-refractivity contribution < 1.29 is 8.78 Å². The highest BCUT2D eigenvalue weighted by Gasteiger charge is 2.18. The Labute approximate surface area is 222 Å². The minimum Gasteiger partial charge on any atom is -0.398 e. The number of allylic oxidation sites excluding steroid dienone is 3. The fourth-order valence-corrected chi connectivity index (χ4v) is 4.20. The molecule has 0 radical (unpaired) electrons. The maximum Gasteiger partial charge on any atom is 0.178 e. The van der Waals surface area contributed by atoms with E-state index in [1.807, 2.05) is 44.1 Å². The molecule has 0 unspecified atom stereocenters. The van der Waals surface area contributed by atoms with Gasteiger partial charge in [-0.3, -0.25) is 0 Å². The van der Waals surface area contributed by atoms with Crippen LogP contribution in [0.15, 0.2) is 79.0 Å². The van der Waals surface area contributed by atoms with Crippen LogP contribution in [0.1, 0.15) is 23.9 Å². The van der Waals surface area contributed by atoms with Gasteiger partial charge < -0.3 is 15.6 Å². The van der Waals surface area contributed by atoms with Crippen molar-refractivity contribution in [3.63, 3.8) is 0 Å². The number of benzene rings is 2. The molecular weight excluding hydrogens is 480 g/mol. The second-order valence-electron chi connectivity index (χ2n) is 8.83. The van der Waals surface area contributed by atoms with Gasteiger partial charge in [-0.1, -0.05) is 36.9 Å². The molecule has 194 valence electrons. The van der Waals surface area contributed by atoms with Gasteiger partial charge in [-0.05, 0) is 68.1 Å². The van der Waals surface area contributed by atoms with Gasteiger partial charge in [-0.2, -0.15) is 0 Å². The number of aromatic nitrogens is 3. The van der Waals surface area contributed by atoms with Gasteiger partial charge >= 0.3 is 0 Å². The van der Waals surface area contributed by atoms with Crippen LogP contribution in [-0.4, -0.2) is 40.5 Å². The molecule has 2 aromatic carbocycles. The van der Waals surface area contributed by atoms with Crippen molar-refractivity contribution in [3.8, 4) is 24.0 Å². The molecule has 7 heteroatoms. The maximum atomic E-state index is 15.8. The Balaban J connectivity index is 0.00000195. The summed E-state index contributed by atoms with van der Waals surface area (Å²) in [6, 6.07) is 11.5. The summed E-state index contributed by atoms with van der Waals surface area (Å²) in [5.74, 6) is -0.213. The first kappa shape index (κ1) is 28.0. The van der Waals surface area contributed by atoms with E-state index < -0.39 is 5.82 Å². The number of nitrogen functional groups attached to an aromatic ring is 1. The average Bonchev–Trinajstić information content (AvgIpc) is 3.33. The van der Waals surface area contributed by atoms with Crippen LogP contribution in [0.25, 0.3) is 27.9 Å². The molecule has 2 heterocycles. The number of halogens is 2. The number of likely N-dealkylation sites (N-methyl/N-ethyl adjacent to an activating group) is 1. The van der Waals surface area contributed by atoms with Crippen LogP contribution in [0.2, 0.25) is 0 Å². The molecule has 0 fully saturated rings. The summed E-state index contributed by atoms with van der Waals surface area (Å²) in [7, 11) is 3.94. The van der Waals surface area contributed by atoms with Crippen LogP contribution in [0, 0.1) is 24.5 Å². The summed E-state index contributed by atoms with van der Waals surface area (Å²) in [6.07, 6.45) is 15.3. The number of H-pyrrole nitrogens is 1. The first-order valence-electron chi connectivity index (χ1n) is 11.9. The van der Waals surface area contributed by atoms with Gasteiger partial charge in [0.05, 0.1) is 5.52 Å². The quantitative estimate of drug-likeness (QED) is 0.163. The first-order chi connectivity index (χ1) is 18.3. The SMILES string of the molecule is C#C.C=C/C(=C\C(=C/C)c1ccc(N)c(Cc2nc3nccc(-c4cccc(F)c4)c3[nH]2)c1F)CN(C)C. The third-order valence-electron chi connectivity index (χ3n) is 5.92. The molecule has 38 heavy (non-hydrogen) atoms. The summed E-state index contributed by atoms with van der Waals surface area (Å²) in [4.78, 5) is 14.2. The van der Waals surface area contributed by atoms with Crippen LogP contribution in [0.3, 0.4) is 0 Å². The molecule has 3 N–H and O–H groups in total. The topological polar surface area (TPSA) is 70.8 Å². The van der Waals surface area contributed by atoms with Crippen LogP contribution in [-0.2, 0) is 6.42 Å². The summed E-state index contributed by atoms with van der Waals surface area (Å²) >= 11 is 0. The molecule has 0 amide bonds. The number of nitrogens with two attached hydrogens (primary N) is 1. The normalized spacial score (nSPS) is 11.9. The van der Waals surface area contributed by atoms with E-state index in [0.29, 0.717) is 45.9 Å². The third kappa shape index (κ3) is 6.23. The third-order valence-corrected chi connectivity index (χ3v) is 5.92. The van der Waals surface area contributed by atoms with Crippen molar-refractivity contribution in [2.45, 2.75) is 13.3 Å². The second kappa shape index (κ2) is 12.6. The monoisotopic (exact) mass is 511 g/mol. The molecule has 0 spiro atoms. The van der Waals surface area contributed by atoms with Crippen molar-refractivity contribution in [1.82, 2.24) is 19.9 Å². The zero-order chi connectivity index (χ0) is 27.8. The second-order valence-corrected chi connectivity index (χ2v) is 8.83. The van der Waals surface area contributed by atoms with Crippen LogP contribution >= 0.6 is 0 Å². The number of nitrogens with zero attached hydrogens (tertiary/aromatic N) is 3. The van der Waals surface area contributed by atoms with E-state index in [4.69, 9.17) is 5.73 Å². The molecule has 0 bridgehead atoms. The number of hydrogen-bond acceptors (Lipinski definition) is 4. The van der Waals surface area contributed by atoms with Gasteiger partial charge in [0, 0.05) is 41.5 Å². The van der Waals surface area contributed by atoms with Crippen LogP contribution < -0.4 is 5.73 Å². The molecule has 2 aromatic heterocycles. The van der Waals surface area contributed by atoms with Gasteiger partial charge in [-0.25, -0.2) is 18.7 Å². The molecule has 4 aromatic rings. The molecule has 0 aliphatic heterocycles. The molecule has 0 atom stereocenters. The Morgan fingerprint density at radius 1 is 1.16 bits per heavy atom. The predicted octanol–water partition coefficient (Wildman–Crippen LogP) is 6.40. The highest BCUT2D eigenvalue weighted by Crippen LogP contribution is 2.30. The zero-order valence-electron chi connectivity index (χ0n) is 21.8. The van der Waals surface area contributed by atoms with Gasteiger partial charge in [-0.15, -0.1) is 12.8 Å². The molecular formula is C31H31F2N5. The largest absolute Gasteiger partial charge is 0.398 e. The summed E-state index contributed by atoms with van der Waals surface area (Å²) in [5.41, 5.74) is 11.7. The summed E-state index contributed by atoms with van der Waals surface area (Å²) in [5, 5.41) is 0. The Kier molecular flexibility index (Phi) is 9.31. The summed E-state index contributed by atoms with van der Waals surface area (Å²) < 4.78 is 29.6. The molecule has 0 saturated heterocycles. The number of rotatable bonds is 8. The lowest BCUT2D eigenvalue weighted by molar-refractivity contribution is 0.449. The van der Waals surface area contributed by atoms with Crippen molar-refractivity contribution in [1.29, 1.82) is 0 Å². The van der Waals surface area contributed by atoms with E-state index in [0.717, 1.165) is 16.7 Å². The first-order valence-corrected chi connectivity index (χ1v) is 11.9. The van der Waals surface area contributed by atoms with Gasteiger partial charge in [0.2, 0.25) is 0 Å².